The number of nitrogens with one attached hydrogen (secondary N) is 2. The van der Waals surface area contributed by atoms with Gasteiger partial charge in [0.1, 0.15) is 11.5 Å². The number of halogens is 1. The zero-order valence-corrected chi connectivity index (χ0v) is 19.5. The molecule has 0 radical (unpaired) electrons. The predicted molar refractivity (Wildman–Crippen MR) is 130 cm³/mol. The van der Waals surface area contributed by atoms with Crippen LogP contribution < -0.4 is 20.3 Å². The lowest BCUT2D eigenvalue weighted by Gasteiger charge is -2.14. The number of rotatable bonds is 6. The molecule has 35 heavy (non-hydrogen) atoms. The Hall–Kier alpha value is -3.83. The molecule has 1 fully saturated rings. The number of benzene rings is 2. The van der Waals surface area contributed by atoms with E-state index >= 15 is 0 Å². The number of fused-ring (bicyclic) bond motifs is 1. The van der Waals surface area contributed by atoms with Crippen LogP contribution in [0, 0.1) is 5.82 Å². The highest BCUT2D eigenvalue weighted by Crippen LogP contribution is 2.31. The van der Waals surface area contributed by atoms with Gasteiger partial charge in [0.25, 0.3) is 15.6 Å². The van der Waals surface area contributed by atoms with Crippen molar-refractivity contribution in [3.8, 4) is 17.0 Å². The van der Waals surface area contributed by atoms with Gasteiger partial charge in [0.15, 0.2) is 0 Å². The number of pyridine rings is 1. The van der Waals surface area contributed by atoms with Crippen LogP contribution in [-0.2, 0) is 10.0 Å². The maximum Gasteiger partial charge on any atom is 0.262 e. The third kappa shape index (κ3) is 4.47. The van der Waals surface area contributed by atoms with Gasteiger partial charge in [-0.25, -0.2) is 22.8 Å². The van der Waals surface area contributed by atoms with E-state index in [1.54, 1.807) is 35.2 Å². The van der Waals surface area contributed by atoms with Gasteiger partial charge in [-0.1, -0.05) is 6.07 Å². The lowest BCUT2D eigenvalue weighted by molar-refractivity contribution is 0.400. The number of sulfonamides is 1. The molecule has 0 amide bonds. The average molecular weight is 496 g/mol. The topological polar surface area (TPSA) is 115 Å². The molecule has 11 heteroatoms. The summed E-state index contributed by atoms with van der Waals surface area (Å²) >= 11 is 0. The zero-order chi connectivity index (χ0) is 24.6. The Morgan fingerprint density at radius 1 is 1.11 bits per heavy atom. The van der Waals surface area contributed by atoms with Crippen LogP contribution in [-0.4, -0.2) is 43.2 Å². The van der Waals surface area contributed by atoms with E-state index in [4.69, 9.17) is 4.74 Å². The van der Waals surface area contributed by atoms with Crippen LogP contribution in [0.4, 0.5) is 10.1 Å². The Morgan fingerprint density at radius 2 is 1.91 bits per heavy atom. The molecule has 1 aliphatic heterocycles. The Kier molecular flexibility index (Phi) is 5.95. The first kappa shape index (κ1) is 22.9. The number of hydrogen-bond donors (Lipinski definition) is 2. The summed E-state index contributed by atoms with van der Waals surface area (Å²) in [6, 6.07) is 11.4. The molecule has 1 saturated heterocycles. The molecule has 2 aromatic heterocycles. The molecule has 0 aliphatic carbocycles. The van der Waals surface area contributed by atoms with Gasteiger partial charge in [-0.15, -0.1) is 0 Å². The maximum absolute atomic E-state index is 13.2. The third-order valence-electron chi connectivity index (χ3n) is 5.96. The Labute approximate surface area is 200 Å². The maximum atomic E-state index is 13.2. The molecular weight excluding hydrogens is 473 g/mol. The van der Waals surface area contributed by atoms with Crippen molar-refractivity contribution in [1.82, 2.24) is 19.9 Å². The molecule has 5 rings (SSSR count). The van der Waals surface area contributed by atoms with Crippen molar-refractivity contribution >= 4 is 26.6 Å². The first-order chi connectivity index (χ1) is 16.9. The molecule has 0 spiro atoms. The standard InChI is InChI=1S/C24H22FN5O4S/c1-34-23-22(29-35(32,33)19-5-3-17(25)4-6-19)11-16(12-27-23)15-2-7-21-20(10-15)24(31)30(14-28-21)18-8-9-26-13-18/h2-7,10-12,14,18,26,29H,8-9,13H2,1H3/t18-/m0/s1. The first-order valence-corrected chi connectivity index (χ1v) is 12.4. The summed E-state index contributed by atoms with van der Waals surface area (Å²) in [6.45, 7) is 1.57. The molecule has 0 saturated carbocycles. The van der Waals surface area contributed by atoms with Gasteiger partial charge < -0.3 is 10.1 Å². The fourth-order valence-electron chi connectivity index (χ4n) is 4.12. The normalized spacial score (nSPS) is 15.9. The van der Waals surface area contributed by atoms with Crippen LogP contribution >= 0.6 is 0 Å². The highest BCUT2D eigenvalue weighted by Gasteiger charge is 2.20. The van der Waals surface area contributed by atoms with Crippen LogP contribution in [0.5, 0.6) is 5.88 Å². The van der Waals surface area contributed by atoms with E-state index in [1.165, 1.54) is 25.4 Å². The summed E-state index contributed by atoms with van der Waals surface area (Å²) in [4.78, 5) is 21.7. The molecule has 0 bridgehead atoms. The molecule has 3 heterocycles. The van der Waals surface area contributed by atoms with E-state index in [0.717, 1.165) is 25.1 Å². The Morgan fingerprint density at radius 3 is 2.63 bits per heavy atom. The number of hydrogen-bond acceptors (Lipinski definition) is 7. The van der Waals surface area contributed by atoms with Crippen molar-refractivity contribution in [2.45, 2.75) is 17.4 Å². The van der Waals surface area contributed by atoms with Crippen molar-refractivity contribution in [1.29, 1.82) is 0 Å². The first-order valence-electron chi connectivity index (χ1n) is 10.9. The van der Waals surface area contributed by atoms with E-state index in [2.05, 4.69) is 20.0 Å². The van der Waals surface area contributed by atoms with Crippen molar-refractivity contribution in [2.24, 2.45) is 0 Å². The van der Waals surface area contributed by atoms with E-state index in [9.17, 15) is 17.6 Å². The summed E-state index contributed by atoms with van der Waals surface area (Å²) in [6.07, 6.45) is 3.97. The molecule has 180 valence electrons. The summed E-state index contributed by atoms with van der Waals surface area (Å²) in [5.41, 5.74) is 1.77. The van der Waals surface area contributed by atoms with Crippen LogP contribution in [0.15, 0.2) is 70.7 Å². The summed E-state index contributed by atoms with van der Waals surface area (Å²) in [7, 11) is -2.65. The number of anilines is 1. The quantitative estimate of drug-likeness (QED) is 0.423. The minimum absolute atomic E-state index is 0.0539. The predicted octanol–water partition coefficient (Wildman–Crippen LogP) is 2.94. The molecule has 2 N–H and O–H groups in total. The van der Waals surface area contributed by atoms with Crippen LogP contribution in [0.2, 0.25) is 0 Å². The van der Waals surface area contributed by atoms with E-state index in [0.29, 0.717) is 28.6 Å². The fraction of sp³-hybridized carbons (Fsp3) is 0.208. The van der Waals surface area contributed by atoms with Gasteiger partial charge in [-0.3, -0.25) is 14.1 Å². The summed E-state index contributed by atoms with van der Waals surface area (Å²) in [5.74, 6) is -0.475. The number of aromatic nitrogens is 3. The van der Waals surface area contributed by atoms with Crippen molar-refractivity contribution < 1.29 is 17.5 Å². The van der Waals surface area contributed by atoms with Crippen LogP contribution in [0.1, 0.15) is 12.5 Å². The lowest BCUT2D eigenvalue weighted by Crippen LogP contribution is -2.26. The Bertz CT molecular complexity index is 1570. The van der Waals surface area contributed by atoms with Crippen molar-refractivity contribution in [2.75, 3.05) is 24.9 Å². The van der Waals surface area contributed by atoms with Crippen molar-refractivity contribution in [3.63, 3.8) is 0 Å². The molecule has 1 atom stereocenters. The second-order valence-corrected chi connectivity index (χ2v) is 9.86. The second kappa shape index (κ2) is 9.08. The van der Waals surface area contributed by atoms with Gasteiger partial charge >= 0.3 is 0 Å². The minimum Gasteiger partial charge on any atom is -0.480 e. The molecule has 2 aromatic carbocycles. The number of methoxy groups -OCH3 is 1. The Balaban J connectivity index is 1.54. The number of ether oxygens (including phenoxy) is 1. The van der Waals surface area contributed by atoms with E-state index in [1.807, 2.05) is 0 Å². The minimum atomic E-state index is -4.02. The smallest absolute Gasteiger partial charge is 0.262 e. The molecular formula is C24H22FN5O4S. The molecule has 1 aliphatic rings. The van der Waals surface area contributed by atoms with Crippen LogP contribution in [0.3, 0.4) is 0 Å². The largest absolute Gasteiger partial charge is 0.480 e. The fourth-order valence-corrected chi connectivity index (χ4v) is 5.16. The monoisotopic (exact) mass is 495 g/mol. The highest BCUT2D eigenvalue weighted by molar-refractivity contribution is 7.92. The second-order valence-electron chi connectivity index (χ2n) is 8.18. The van der Waals surface area contributed by atoms with Crippen LogP contribution in [0.25, 0.3) is 22.0 Å². The third-order valence-corrected chi connectivity index (χ3v) is 7.34. The van der Waals surface area contributed by atoms with E-state index in [-0.39, 0.29) is 28.1 Å². The van der Waals surface area contributed by atoms with Gasteiger partial charge in [0, 0.05) is 18.3 Å². The SMILES string of the molecule is COc1ncc(-c2ccc3ncn([C@H]4CCNC4)c(=O)c3c2)cc1NS(=O)(=O)c1ccc(F)cc1. The van der Waals surface area contributed by atoms with Gasteiger partial charge in [-0.05, 0) is 61.0 Å². The highest BCUT2D eigenvalue weighted by atomic mass is 32.2. The molecule has 9 nitrogen and oxygen atoms in total. The zero-order valence-electron chi connectivity index (χ0n) is 18.7. The average Bonchev–Trinajstić information content (AvgIpc) is 3.39. The van der Waals surface area contributed by atoms with Gasteiger partial charge in [-0.2, -0.15) is 0 Å². The molecule has 4 aromatic rings. The van der Waals surface area contributed by atoms with Gasteiger partial charge in [0.2, 0.25) is 5.88 Å². The summed E-state index contributed by atoms with van der Waals surface area (Å²) in [5, 5.41) is 3.71. The number of nitrogens with zero attached hydrogens (tertiary/aromatic N) is 3. The van der Waals surface area contributed by atoms with Gasteiger partial charge in [0.05, 0.1) is 35.3 Å². The van der Waals surface area contributed by atoms with E-state index < -0.39 is 15.8 Å². The molecule has 0 unspecified atom stereocenters. The lowest BCUT2D eigenvalue weighted by atomic mass is 10.0. The summed E-state index contributed by atoms with van der Waals surface area (Å²) < 4.78 is 48.3. The van der Waals surface area contributed by atoms with Crippen molar-refractivity contribution in [3.05, 3.63) is 77.2 Å².